The molecule has 0 bridgehead atoms. The Kier molecular flexibility index (Phi) is 4.14. The number of non-ortho nitro benzene ring substituents is 1. The lowest BCUT2D eigenvalue weighted by Crippen LogP contribution is -2.07. The van der Waals surface area contributed by atoms with E-state index in [0.717, 1.165) is 0 Å². The van der Waals surface area contributed by atoms with Gasteiger partial charge in [-0.1, -0.05) is 6.07 Å². The maximum absolute atomic E-state index is 13.2. The first kappa shape index (κ1) is 16.5. The van der Waals surface area contributed by atoms with E-state index in [9.17, 15) is 14.9 Å². The molecule has 0 atom stereocenters. The molecule has 0 aliphatic heterocycles. The molecule has 3 rings (SSSR count). The number of nitrogens with one attached hydrogen (secondary N) is 1. The number of fused-ring (bicyclic) bond motifs is 1. The van der Waals surface area contributed by atoms with Crippen molar-refractivity contribution in [2.24, 2.45) is 0 Å². The van der Waals surface area contributed by atoms with Gasteiger partial charge in [-0.15, -0.1) is 0 Å². The Morgan fingerprint density at radius 3 is 2.28 bits per heavy atom. The van der Waals surface area contributed by atoms with Crippen molar-refractivity contribution >= 4 is 22.4 Å². The summed E-state index contributed by atoms with van der Waals surface area (Å²) < 4.78 is 10.6. The summed E-state index contributed by atoms with van der Waals surface area (Å²) in [5, 5.41) is 11.6. The van der Waals surface area contributed by atoms with E-state index in [0.29, 0.717) is 33.7 Å². The number of carbonyl (C=O) groups is 1. The van der Waals surface area contributed by atoms with Gasteiger partial charge in [0.15, 0.2) is 0 Å². The monoisotopic (exact) mass is 340 g/mol. The summed E-state index contributed by atoms with van der Waals surface area (Å²) in [6, 6.07) is 9.45. The second kappa shape index (κ2) is 6.27. The average Bonchev–Trinajstić information content (AvgIpc) is 2.95. The van der Waals surface area contributed by atoms with Crippen LogP contribution in [-0.4, -0.2) is 29.9 Å². The molecule has 0 amide bonds. The van der Waals surface area contributed by atoms with Crippen molar-refractivity contribution in [3.05, 3.63) is 63.3 Å². The van der Waals surface area contributed by atoms with Gasteiger partial charge in [-0.2, -0.15) is 0 Å². The van der Waals surface area contributed by atoms with Crippen LogP contribution in [0.3, 0.4) is 0 Å². The van der Waals surface area contributed by atoms with E-state index in [1.165, 1.54) is 26.4 Å². The summed E-state index contributed by atoms with van der Waals surface area (Å²) >= 11 is 0. The number of nitro benzene ring substituents is 1. The van der Waals surface area contributed by atoms with Crippen molar-refractivity contribution in [1.82, 2.24) is 4.98 Å². The molecule has 25 heavy (non-hydrogen) atoms. The Morgan fingerprint density at radius 1 is 1.08 bits per heavy atom. The van der Waals surface area contributed by atoms with Crippen LogP contribution >= 0.6 is 0 Å². The largest absolute Gasteiger partial charge is 0.496 e. The van der Waals surface area contributed by atoms with Crippen LogP contribution in [0.1, 0.15) is 21.6 Å². The summed E-state index contributed by atoms with van der Waals surface area (Å²) in [6.07, 6.45) is 0. The number of nitro groups is 1. The number of carbonyl (C=O) groups excluding carboxylic acids is 1. The van der Waals surface area contributed by atoms with Gasteiger partial charge in [0.25, 0.3) is 5.69 Å². The molecule has 0 aliphatic carbocycles. The Labute approximate surface area is 143 Å². The molecular formula is C18H16N2O5. The van der Waals surface area contributed by atoms with Crippen LogP contribution in [-0.2, 0) is 0 Å². The molecule has 3 aromatic rings. The third-order valence-corrected chi connectivity index (χ3v) is 4.06. The fourth-order valence-electron chi connectivity index (χ4n) is 2.92. The number of H-pyrrole nitrogens is 1. The number of aromatic nitrogens is 1. The fraction of sp³-hybridized carbons (Fsp3) is 0.167. The second-order valence-corrected chi connectivity index (χ2v) is 5.48. The first-order valence-electron chi connectivity index (χ1n) is 7.50. The molecule has 0 spiro atoms. The molecule has 0 saturated carbocycles. The Hall–Kier alpha value is -3.35. The third-order valence-electron chi connectivity index (χ3n) is 4.06. The first-order valence-corrected chi connectivity index (χ1v) is 7.50. The van der Waals surface area contributed by atoms with Crippen molar-refractivity contribution in [2.45, 2.75) is 6.92 Å². The number of hydrogen-bond donors (Lipinski definition) is 1. The summed E-state index contributed by atoms with van der Waals surface area (Å²) in [5.74, 6) is 0.436. The molecule has 0 fully saturated rings. The highest BCUT2D eigenvalue weighted by Crippen LogP contribution is 2.34. The normalized spacial score (nSPS) is 10.7. The summed E-state index contributed by atoms with van der Waals surface area (Å²) in [4.78, 5) is 26.9. The minimum Gasteiger partial charge on any atom is -0.496 e. The summed E-state index contributed by atoms with van der Waals surface area (Å²) in [5.41, 5.74) is 1.84. The van der Waals surface area contributed by atoms with Crippen LogP contribution in [0.15, 0.2) is 36.4 Å². The number of ketones is 1. The van der Waals surface area contributed by atoms with Gasteiger partial charge in [-0.3, -0.25) is 14.9 Å². The quantitative estimate of drug-likeness (QED) is 0.435. The lowest BCUT2D eigenvalue weighted by molar-refractivity contribution is -0.384. The van der Waals surface area contributed by atoms with Gasteiger partial charge in [0.1, 0.15) is 17.1 Å². The van der Waals surface area contributed by atoms with Crippen LogP contribution in [0, 0.1) is 17.0 Å². The zero-order valence-electron chi connectivity index (χ0n) is 14.0. The van der Waals surface area contributed by atoms with Gasteiger partial charge in [-0.25, -0.2) is 0 Å². The van der Waals surface area contributed by atoms with Crippen molar-refractivity contribution in [2.75, 3.05) is 14.2 Å². The molecule has 1 N–H and O–H groups in total. The molecule has 7 nitrogen and oxygen atoms in total. The second-order valence-electron chi connectivity index (χ2n) is 5.48. The van der Waals surface area contributed by atoms with Crippen molar-refractivity contribution in [3.8, 4) is 11.5 Å². The highest BCUT2D eigenvalue weighted by Gasteiger charge is 2.25. The number of ether oxygens (including phenoxy) is 2. The van der Waals surface area contributed by atoms with Gasteiger partial charge in [0, 0.05) is 28.7 Å². The molecular weight excluding hydrogens is 324 g/mol. The minimum atomic E-state index is -0.486. The Morgan fingerprint density at radius 2 is 1.72 bits per heavy atom. The van der Waals surface area contributed by atoms with E-state index in [1.54, 1.807) is 31.2 Å². The zero-order valence-corrected chi connectivity index (χ0v) is 14.0. The standard InChI is InChI=1S/C18H16N2O5/c1-10-16(12-9-11(20(22)23)7-8-13(12)19-10)18(21)17-14(24-2)5-4-6-15(17)25-3/h4-9,19H,1-3H3. The SMILES string of the molecule is COc1cccc(OC)c1C(=O)c1c(C)[nH]c2ccc([N+](=O)[O-])cc12. The highest BCUT2D eigenvalue weighted by atomic mass is 16.6. The fourth-order valence-corrected chi connectivity index (χ4v) is 2.92. The smallest absolute Gasteiger partial charge is 0.270 e. The van der Waals surface area contributed by atoms with Crippen molar-refractivity contribution < 1.29 is 19.2 Å². The van der Waals surface area contributed by atoms with E-state index in [4.69, 9.17) is 9.47 Å². The van der Waals surface area contributed by atoms with E-state index in [1.807, 2.05) is 0 Å². The summed E-state index contributed by atoms with van der Waals surface area (Å²) in [6.45, 7) is 1.75. The van der Waals surface area contributed by atoms with E-state index in [2.05, 4.69) is 4.98 Å². The van der Waals surface area contributed by atoms with Crippen LogP contribution < -0.4 is 9.47 Å². The molecule has 0 saturated heterocycles. The number of aryl methyl sites for hydroxylation is 1. The number of methoxy groups -OCH3 is 2. The minimum absolute atomic E-state index is 0.0764. The number of aromatic amines is 1. The highest BCUT2D eigenvalue weighted by molar-refractivity contribution is 6.20. The molecule has 128 valence electrons. The van der Waals surface area contributed by atoms with Gasteiger partial charge < -0.3 is 14.5 Å². The van der Waals surface area contributed by atoms with Crippen LogP contribution in [0.2, 0.25) is 0 Å². The van der Waals surface area contributed by atoms with E-state index < -0.39 is 4.92 Å². The molecule has 0 unspecified atom stereocenters. The van der Waals surface area contributed by atoms with E-state index >= 15 is 0 Å². The number of hydrogen-bond acceptors (Lipinski definition) is 5. The van der Waals surface area contributed by atoms with Crippen molar-refractivity contribution in [1.29, 1.82) is 0 Å². The molecule has 2 aromatic carbocycles. The number of rotatable bonds is 5. The average molecular weight is 340 g/mol. The predicted molar refractivity (Wildman–Crippen MR) is 92.7 cm³/mol. The van der Waals surface area contributed by atoms with Gasteiger partial charge in [-0.05, 0) is 25.1 Å². The van der Waals surface area contributed by atoms with Gasteiger partial charge >= 0.3 is 0 Å². The van der Waals surface area contributed by atoms with Crippen LogP contribution in [0.5, 0.6) is 11.5 Å². The first-order chi connectivity index (χ1) is 12.0. The Balaban J connectivity index is 2.26. The summed E-state index contributed by atoms with van der Waals surface area (Å²) in [7, 11) is 2.94. The number of benzene rings is 2. The molecule has 7 heteroatoms. The van der Waals surface area contributed by atoms with Gasteiger partial charge in [0.2, 0.25) is 5.78 Å². The lowest BCUT2D eigenvalue weighted by atomic mass is 9.98. The molecule has 1 aromatic heterocycles. The molecule has 0 aliphatic rings. The van der Waals surface area contributed by atoms with Gasteiger partial charge in [0.05, 0.1) is 24.7 Å². The van der Waals surface area contributed by atoms with Crippen molar-refractivity contribution in [3.63, 3.8) is 0 Å². The topological polar surface area (TPSA) is 94.5 Å². The lowest BCUT2D eigenvalue weighted by Gasteiger charge is -2.12. The molecule has 1 heterocycles. The molecule has 0 radical (unpaired) electrons. The maximum Gasteiger partial charge on any atom is 0.270 e. The maximum atomic E-state index is 13.2. The number of nitrogens with zero attached hydrogens (tertiary/aromatic N) is 1. The Bertz CT molecular complexity index is 968. The zero-order chi connectivity index (χ0) is 18.1. The predicted octanol–water partition coefficient (Wildman–Crippen LogP) is 3.63. The van der Waals surface area contributed by atoms with E-state index in [-0.39, 0.29) is 17.0 Å². The van der Waals surface area contributed by atoms with Crippen LogP contribution in [0.4, 0.5) is 5.69 Å². The van der Waals surface area contributed by atoms with Crippen LogP contribution in [0.25, 0.3) is 10.9 Å². The third kappa shape index (κ3) is 2.69.